The smallest absolute Gasteiger partial charge is 0.316 e. The number of carboxylic acids is 1. The predicted octanol–water partition coefficient (Wildman–Crippen LogP) is 10.2. The third-order valence-corrected chi connectivity index (χ3v) is 8.33. The summed E-state index contributed by atoms with van der Waals surface area (Å²) in [6, 6.07) is 0. The molecule has 3 unspecified atom stereocenters. The van der Waals surface area contributed by atoms with Crippen LogP contribution in [0, 0.1) is 11.3 Å². The van der Waals surface area contributed by atoms with Crippen molar-refractivity contribution in [1.29, 1.82) is 0 Å². The molecule has 3 atom stereocenters. The molecule has 216 valence electrons. The predicted molar refractivity (Wildman–Crippen MR) is 156 cm³/mol. The van der Waals surface area contributed by atoms with Gasteiger partial charge < -0.3 is 9.84 Å². The summed E-state index contributed by atoms with van der Waals surface area (Å²) in [6.45, 7) is 6.27. The first-order chi connectivity index (χ1) is 18.0. The average molecular weight is 521 g/mol. The van der Waals surface area contributed by atoms with Gasteiger partial charge in [-0.3, -0.25) is 9.59 Å². The van der Waals surface area contributed by atoms with Crippen molar-refractivity contribution in [1.82, 2.24) is 0 Å². The molecule has 1 aliphatic rings. The zero-order valence-corrected chi connectivity index (χ0v) is 24.7. The number of carbonyl (C=O) groups is 2. The van der Waals surface area contributed by atoms with Gasteiger partial charge in [0.05, 0.1) is 11.3 Å². The molecule has 0 saturated carbocycles. The fourth-order valence-corrected chi connectivity index (χ4v) is 5.68. The summed E-state index contributed by atoms with van der Waals surface area (Å²) < 4.78 is 6.07. The van der Waals surface area contributed by atoms with E-state index in [1.54, 1.807) is 13.0 Å². The summed E-state index contributed by atoms with van der Waals surface area (Å²) in [5.41, 5.74) is -1.06. The van der Waals surface area contributed by atoms with Gasteiger partial charge in [-0.2, -0.15) is 0 Å². The molecule has 1 aliphatic carbocycles. The number of carbonyl (C=O) groups excluding carboxylic acids is 1. The molecule has 0 amide bonds. The molecule has 0 fully saturated rings. The molecule has 0 heterocycles. The number of hydrogen-bond acceptors (Lipinski definition) is 3. The highest BCUT2D eigenvalue weighted by molar-refractivity contribution is 5.86. The lowest BCUT2D eigenvalue weighted by Gasteiger charge is -2.34. The summed E-state index contributed by atoms with van der Waals surface area (Å²) in [6.07, 6.45) is 31.1. The average Bonchev–Trinajstić information content (AvgIpc) is 2.88. The number of rotatable bonds is 24. The molecule has 0 bridgehead atoms. The highest BCUT2D eigenvalue weighted by Crippen LogP contribution is 2.38. The fourth-order valence-electron chi connectivity index (χ4n) is 5.68. The molecule has 0 spiro atoms. The van der Waals surface area contributed by atoms with E-state index in [1.807, 2.05) is 6.08 Å². The van der Waals surface area contributed by atoms with Gasteiger partial charge >= 0.3 is 11.9 Å². The molecular weight excluding hydrogens is 460 g/mol. The highest BCUT2D eigenvalue weighted by atomic mass is 16.5. The van der Waals surface area contributed by atoms with Gasteiger partial charge in [-0.1, -0.05) is 135 Å². The van der Waals surface area contributed by atoms with Crippen molar-refractivity contribution in [2.75, 3.05) is 0 Å². The Kier molecular flexibility index (Phi) is 19.7. The van der Waals surface area contributed by atoms with Crippen LogP contribution in [-0.2, 0) is 14.3 Å². The van der Waals surface area contributed by atoms with Crippen LogP contribution in [0.3, 0.4) is 0 Å². The minimum Gasteiger partial charge on any atom is -0.481 e. The van der Waals surface area contributed by atoms with Gasteiger partial charge in [-0.25, -0.2) is 0 Å². The van der Waals surface area contributed by atoms with Crippen LogP contribution in [0.1, 0.15) is 168 Å². The molecule has 4 nitrogen and oxygen atoms in total. The number of allylic oxidation sites excluding steroid dienone is 1. The van der Waals surface area contributed by atoms with Crippen LogP contribution in [0.15, 0.2) is 12.2 Å². The maximum Gasteiger partial charge on any atom is 0.316 e. The normalized spacial score (nSPS) is 20.1. The first-order valence-electron chi connectivity index (χ1n) is 16.1. The Morgan fingerprint density at radius 2 is 1.16 bits per heavy atom. The van der Waals surface area contributed by atoms with Gasteiger partial charge in [0.2, 0.25) is 0 Å². The van der Waals surface area contributed by atoms with Gasteiger partial charge in [0, 0.05) is 0 Å². The largest absolute Gasteiger partial charge is 0.481 e. The first-order valence-corrected chi connectivity index (χ1v) is 16.1. The molecule has 1 N–H and O–H groups in total. The number of carboxylic acid groups (broad SMARTS) is 1. The topological polar surface area (TPSA) is 63.6 Å². The van der Waals surface area contributed by atoms with Crippen LogP contribution in [0.5, 0.6) is 0 Å². The van der Waals surface area contributed by atoms with Crippen LogP contribution in [-0.4, -0.2) is 23.1 Å². The zero-order valence-electron chi connectivity index (χ0n) is 24.7. The van der Waals surface area contributed by atoms with Gasteiger partial charge in [0.15, 0.2) is 0 Å². The maximum absolute atomic E-state index is 13.3. The van der Waals surface area contributed by atoms with E-state index < -0.39 is 17.3 Å². The summed E-state index contributed by atoms with van der Waals surface area (Å²) in [4.78, 5) is 25.1. The monoisotopic (exact) mass is 520 g/mol. The Balaban J connectivity index is 2.45. The molecule has 1 rings (SSSR count). The Labute approximate surface area is 229 Å². The highest BCUT2D eigenvalue weighted by Gasteiger charge is 2.46. The van der Waals surface area contributed by atoms with Crippen LogP contribution in [0.25, 0.3) is 0 Å². The standard InChI is InChI=1S/C33H60O4/c1-4-6-8-10-12-14-16-18-20-22-26-29(25-21-19-17-15-13-11-9-7-5-2)37-32(36)33(3)28-24-23-27-30(33)31(34)35/h24,28-30H,4-23,25-27H2,1-3H3,(H,34,35). The lowest BCUT2D eigenvalue weighted by molar-refractivity contribution is -0.168. The van der Waals surface area contributed by atoms with Crippen molar-refractivity contribution in [3.05, 3.63) is 12.2 Å². The molecule has 37 heavy (non-hydrogen) atoms. The second-order valence-electron chi connectivity index (χ2n) is 11.8. The Morgan fingerprint density at radius 1 is 0.757 bits per heavy atom. The molecule has 4 heteroatoms. The molecular formula is C33H60O4. The van der Waals surface area contributed by atoms with Crippen molar-refractivity contribution in [2.45, 2.75) is 175 Å². The molecule has 0 aliphatic heterocycles. The zero-order chi connectivity index (χ0) is 27.2. The summed E-state index contributed by atoms with van der Waals surface area (Å²) in [5, 5.41) is 9.71. The molecule has 0 saturated heterocycles. The molecule has 0 aromatic carbocycles. The SMILES string of the molecule is CCCCCCCCCCCCC(CCCCCCCCCCC)OC(=O)C1(C)C=CCCC1C(=O)O. The van der Waals surface area contributed by atoms with Crippen molar-refractivity contribution >= 4 is 11.9 Å². The number of hydrogen-bond donors (Lipinski definition) is 1. The fraction of sp³-hybridized carbons (Fsp3) is 0.879. The van der Waals surface area contributed by atoms with Crippen molar-refractivity contribution in [2.24, 2.45) is 11.3 Å². The van der Waals surface area contributed by atoms with E-state index in [2.05, 4.69) is 13.8 Å². The van der Waals surface area contributed by atoms with Crippen molar-refractivity contribution in [3.63, 3.8) is 0 Å². The minimum absolute atomic E-state index is 0.0901. The second-order valence-corrected chi connectivity index (χ2v) is 11.8. The van der Waals surface area contributed by atoms with E-state index in [9.17, 15) is 14.7 Å². The first kappa shape index (κ1) is 33.7. The van der Waals surface area contributed by atoms with Gasteiger partial charge in [-0.05, 0) is 45.4 Å². The van der Waals surface area contributed by atoms with E-state index >= 15 is 0 Å². The van der Waals surface area contributed by atoms with Crippen LogP contribution < -0.4 is 0 Å². The van der Waals surface area contributed by atoms with E-state index in [-0.39, 0.29) is 12.1 Å². The van der Waals surface area contributed by atoms with E-state index in [0.717, 1.165) is 25.7 Å². The summed E-state index contributed by atoms with van der Waals surface area (Å²) >= 11 is 0. The number of esters is 1. The number of ether oxygens (including phenoxy) is 1. The number of aliphatic carboxylic acids is 1. The third kappa shape index (κ3) is 15.0. The van der Waals surface area contributed by atoms with Crippen LogP contribution >= 0.6 is 0 Å². The molecule has 0 radical (unpaired) electrons. The molecule has 0 aromatic rings. The van der Waals surface area contributed by atoms with Crippen LogP contribution in [0.4, 0.5) is 0 Å². The summed E-state index contributed by atoms with van der Waals surface area (Å²) in [5.74, 6) is -1.94. The Morgan fingerprint density at radius 3 is 1.57 bits per heavy atom. The quantitative estimate of drug-likeness (QED) is 0.0781. The van der Waals surface area contributed by atoms with Gasteiger partial charge in [0.25, 0.3) is 0 Å². The number of unbranched alkanes of at least 4 members (excludes halogenated alkanes) is 17. The van der Waals surface area contributed by atoms with Gasteiger partial charge in [0.1, 0.15) is 6.10 Å². The van der Waals surface area contributed by atoms with E-state index in [4.69, 9.17) is 4.74 Å². The third-order valence-electron chi connectivity index (χ3n) is 8.33. The van der Waals surface area contributed by atoms with Crippen LogP contribution in [0.2, 0.25) is 0 Å². The minimum atomic E-state index is -1.06. The maximum atomic E-state index is 13.3. The van der Waals surface area contributed by atoms with E-state index in [1.165, 1.54) is 109 Å². The lowest BCUT2D eigenvalue weighted by Crippen LogP contribution is -2.42. The lowest BCUT2D eigenvalue weighted by atomic mass is 9.71. The Hall–Kier alpha value is -1.32. The van der Waals surface area contributed by atoms with E-state index in [0.29, 0.717) is 12.8 Å². The molecule has 0 aromatic heterocycles. The van der Waals surface area contributed by atoms with Gasteiger partial charge in [-0.15, -0.1) is 0 Å². The second kappa shape index (κ2) is 21.6. The van der Waals surface area contributed by atoms with Crippen molar-refractivity contribution < 1.29 is 19.4 Å². The van der Waals surface area contributed by atoms with Crippen molar-refractivity contribution in [3.8, 4) is 0 Å². The summed E-state index contributed by atoms with van der Waals surface area (Å²) in [7, 11) is 0. The Bertz CT molecular complexity index is 613.